The quantitative estimate of drug-likeness (QED) is 0.880. The summed E-state index contributed by atoms with van der Waals surface area (Å²) < 4.78 is 5.30. The van der Waals surface area contributed by atoms with E-state index in [1.807, 2.05) is 0 Å². The summed E-state index contributed by atoms with van der Waals surface area (Å²) in [7, 11) is 0. The van der Waals surface area contributed by atoms with Crippen LogP contribution in [-0.2, 0) is 11.2 Å². The van der Waals surface area contributed by atoms with E-state index < -0.39 is 0 Å². The van der Waals surface area contributed by atoms with E-state index in [1.165, 1.54) is 19.3 Å². The smallest absolute Gasteiger partial charge is 0.0554 e. The first-order chi connectivity index (χ1) is 8.77. The van der Waals surface area contributed by atoms with Gasteiger partial charge in [-0.15, -0.1) is 0 Å². The maximum Gasteiger partial charge on any atom is 0.0554 e. The summed E-state index contributed by atoms with van der Waals surface area (Å²) in [5.74, 6) is 0.708. The number of fused-ring (bicyclic) bond motifs is 1. The molecule has 1 saturated heterocycles. The normalized spacial score (nSPS) is 25.3. The molecule has 1 aromatic rings. The van der Waals surface area contributed by atoms with E-state index in [0.29, 0.717) is 11.3 Å². The summed E-state index contributed by atoms with van der Waals surface area (Å²) in [6.45, 7) is 6.35. The van der Waals surface area contributed by atoms with Crippen LogP contribution >= 0.6 is 0 Å². The van der Waals surface area contributed by atoms with Gasteiger partial charge in [0.25, 0.3) is 0 Å². The van der Waals surface area contributed by atoms with Gasteiger partial charge in [-0.05, 0) is 36.3 Å². The molecule has 3 rings (SSSR count). The summed E-state index contributed by atoms with van der Waals surface area (Å²) in [4.78, 5) is 0. The van der Waals surface area contributed by atoms with E-state index >= 15 is 0 Å². The van der Waals surface area contributed by atoms with Crippen LogP contribution < -0.4 is 5.32 Å². The minimum atomic E-state index is 0.383. The molecule has 0 amide bonds. The van der Waals surface area contributed by atoms with E-state index in [9.17, 15) is 0 Å². The lowest BCUT2D eigenvalue weighted by molar-refractivity contribution is -0.0990. The van der Waals surface area contributed by atoms with Crippen molar-refractivity contribution in [2.45, 2.75) is 32.1 Å². The largest absolute Gasteiger partial charge is 0.380 e. The van der Waals surface area contributed by atoms with Crippen molar-refractivity contribution in [2.24, 2.45) is 5.41 Å². The molecule has 2 heteroatoms. The summed E-state index contributed by atoms with van der Waals surface area (Å²) >= 11 is 0. The molecule has 1 aromatic carbocycles. The van der Waals surface area contributed by atoms with Crippen molar-refractivity contribution in [3.05, 3.63) is 35.4 Å². The molecule has 2 aliphatic rings. The Morgan fingerprint density at radius 1 is 1.33 bits per heavy atom. The molecular weight excluding hydrogens is 222 g/mol. The topological polar surface area (TPSA) is 21.3 Å². The maximum atomic E-state index is 5.30. The van der Waals surface area contributed by atoms with Crippen LogP contribution in [0.15, 0.2) is 24.3 Å². The van der Waals surface area contributed by atoms with Crippen LogP contribution in [0.25, 0.3) is 0 Å². The van der Waals surface area contributed by atoms with Gasteiger partial charge >= 0.3 is 0 Å². The zero-order chi connectivity index (χ0) is 12.4. The third kappa shape index (κ3) is 2.45. The number of ether oxygens (including phenoxy) is 1. The van der Waals surface area contributed by atoms with Crippen molar-refractivity contribution < 1.29 is 4.74 Å². The number of nitrogens with one attached hydrogen (secondary N) is 1. The summed E-state index contributed by atoms with van der Waals surface area (Å²) in [6, 6.07) is 8.96. The van der Waals surface area contributed by atoms with Gasteiger partial charge in [-0.25, -0.2) is 0 Å². The van der Waals surface area contributed by atoms with Gasteiger partial charge in [0.2, 0.25) is 0 Å². The van der Waals surface area contributed by atoms with Gasteiger partial charge in [0, 0.05) is 18.5 Å². The molecule has 1 atom stereocenters. The summed E-state index contributed by atoms with van der Waals surface area (Å²) in [6.07, 6.45) is 3.93. The molecule has 18 heavy (non-hydrogen) atoms. The second kappa shape index (κ2) is 5.02. The second-order valence-electron chi connectivity index (χ2n) is 6.22. The Balaban J connectivity index is 1.57. The molecule has 0 aromatic heterocycles. The van der Waals surface area contributed by atoms with Crippen molar-refractivity contribution in [1.29, 1.82) is 0 Å². The van der Waals surface area contributed by atoms with E-state index in [-0.39, 0.29) is 0 Å². The predicted octanol–water partition coefficient (Wildman–Crippen LogP) is 2.73. The monoisotopic (exact) mass is 245 g/mol. The van der Waals surface area contributed by atoms with Gasteiger partial charge < -0.3 is 10.1 Å². The van der Waals surface area contributed by atoms with Gasteiger partial charge in [0.15, 0.2) is 0 Å². The highest BCUT2D eigenvalue weighted by molar-refractivity contribution is 5.32. The second-order valence-corrected chi connectivity index (χ2v) is 6.22. The first-order valence-electron chi connectivity index (χ1n) is 7.13. The van der Waals surface area contributed by atoms with Gasteiger partial charge in [-0.3, -0.25) is 0 Å². The Hall–Kier alpha value is -0.860. The fourth-order valence-electron chi connectivity index (χ4n) is 3.17. The number of aryl methyl sites for hydroxylation is 1. The lowest BCUT2D eigenvalue weighted by Crippen LogP contribution is -2.48. The molecular formula is C16H23NO. The zero-order valence-electron chi connectivity index (χ0n) is 11.2. The highest BCUT2D eigenvalue weighted by Crippen LogP contribution is 2.31. The van der Waals surface area contributed by atoms with Crippen LogP contribution in [0.5, 0.6) is 0 Å². The van der Waals surface area contributed by atoms with Gasteiger partial charge in [0.1, 0.15) is 0 Å². The minimum absolute atomic E-state index is 0.383. The Bertz CT molecular complexity index is 411. The number of hydrogen-bond donors (Lipinski definition) is 1. The zero-order valence-corrected chi connectivity index (χ0v) is 11.2. The fourth-order valence-corrected chi connectivity index (χ4v) is 3.17. The summed E-state index contributed by atoms with van der Waals surface area (Å²) in [5, 5.41) is 3.66. The van der Waals surface area contributed by atoms with Crippen LogP contribution in [0.3, 0.4) is 0 Å². The van der Waals surface area contributed by atoms with Gasteiger partial charge in [-0.1, -0.05) is 31.2 Å². The average Bonchev–Trinajstić information content (AvgIpc) is 2.37. The molecule has 1 aliphatic carbocycles. The van der Waals surface area contributed by atoms with Crippen molar-refractivity contribution >= 4 is 0 Å². The molecule has 0 radical (unpaired) electrons. The average molecular weight is 245 g/mol. The van der Waals surface area contributed by atoms with Crippen molar-refractivity contribution in [3.63, 3.8) is 0 Å². The summed E-state index contributed by atoms with van der Waals surface area (Å²) in [5.41, 5.74) is 3.52. The predicted molar refractivity (Wildman–Crippen MR) is 73.9 cm³/mol. The highest BCUT2D eigenvalue weighted by Gasteiger charge is 2.33. The van der Waals surface area contributed by atoms with E-state index in [0.717, 1.165) is 26.3 Å². The van der Waals surface area contributed by atoms with Gasteiger partial charge in [0.05, 0.1) is 13.2 Å². The van der Waals surface area contributed by atoms with Crippen LogP contribution in [0, 0.1) is 5.41 Å². The molecule has 2 nitrogen and oxygen atoms in total. The van der Waals surface area contributed by atoms with Crippen molar-refractivity contribution in [3.8, 4) is 0 Å². The van der Waals surface area contributed by atoms with Gasteiger partial charge in [-0.2, -0.15) is 0 Å². The molecule has 1 unspecified atom stereocenters. The van der Waals surface area contributed by atoms with Crippen LogP contribution in [0.1, 0.15) is 36.8 Å². The number of hydrogen-bond acceptors (Lipinski definition) is 2. The third-order valence-electron chi connectivity index (χ3n) is 4.34. The van der Waals surface area contributed by atoms with Crippen LogP contribution in [0.4, 0.5) is 0 Å². The number of rotatable bonds is 4. The van der Waals surface area contributed by atoms with E-state index in [4.69, 9.17) is 4.74 Å². The molecule has 0 bridgehead atoms. The SMILES string of the molecule is CC1(CNCC2CCCc3ccccc32)COC1. The first kappa shape index (κ1) is 12.2. The molecule has 1 aliphatic heterocycles. The molecule has 98 valence electrons. The third-order valence-corrected chi connectivity index (χ3v) is 4.34. The van der Waals surface area contributed by atoms with Crippen LogP contribution in [-0.4, -0.2) is 26.3 Å². The van der Waals surface area contributed by atoms with E-state index in [2.05, 4.69) is 36.5 Å². The lowest BCUT2D eigenvalue weighted by atomic mass is 9.82. The lowest BCUT2D eigenvalue weighted by Gasteiger charge is -2.38. The highest BCUT2D eigenvalue weighted by atomic mass is 16.5. The Morgan fingerprint density at radius 3 is 2.94 bits per heavy atom. The Morgan fingerprint density at radius 2 is 2.17 bits per heavy atom. The van der Waals surface area contributed by atoms with Crippen molar-refractivity contribution in [2.75, 3.05) is 26.3 Å². The van der Waals surface area contributed by atoms with Crippen molar-refractivity contribution in [1.82, 2.24) is 5.32 Å². The molecule has 1 N–H and O–H groups in total. The van der Waals surface area contributed by atoms with E-state index in [1.54, 1.807) is 11.1 Å². The maximum absolute atomic E-state index is 5.30. The minimum Gasteiger partial charge on any atom is -0.380 e. The first-order valence-corrected chi connectivity index (χ1v) is 7.13. The van der Waals surface area contributed by atoms with Crippen LogP contribution in [0.2, 0.25) is 0 Å². The Labute approximate surface area is 110 Å². The fraction of sp³-hybridized carbons (Fsp3) is 0.625. The molecule has 1 fully saturated rings. The Kier molecular flexibility index (Phi) is 3.40. The molecule has 0 spiro atoms. The molecule has 1 heterocycles. The molecule has 0 saturated carbocycles. The number of benzene rings is 1. The standard InChI is InChI=1S/C16H23NO/c1-16(11-18-12-16)10-17-9-14-7-4-6-13-5-2-3-8-15(13)14/h2-3,5,8,14,17H,4,6-7,9-12H2,1H3.